The predicted octanol–water partition coefficient (Wildman–Crippen LogP) is 2.74. The van der Waals surface area contributed by atoms with Gasteiger partial charge in [-0.05, 0) is 29.7 Å². The molecule has 1 nitrogen and oxygen atoms in total. The van der Waals surface area contributed by atoms with Gasteiger partial charge in [0.1, 0.15) is 0 Å². The van der Waals surface area contributed by atoms with Gasteiger partial charge in [0, 0.05) is 0 Å². The Bertz CT molecular complexity index is 306. The van der Waals surface area contributed by atoms with E-state index >= 15 is 0 Å². The molecule has 76 valence electrons. The summed E-state index contributed by atoms with van der Waals surface area (Å²) < 4.78 is 0. The molecule has 0 amide bonds. The van der Waals surface area contributed by atoms with E-state index in [9.17, 15) is 5.11 Å². The third-order valence-electron chi connectivity index (χ3n) is 3.97. The van der Waals surface area contributed by atoms with E-state index in [1.807, 2.05) is 6.07 Å². The van der Waals surface area contributed by atoms with Crippen LogP contribution in [-0.2, 0) is 5.41 Å². The van der Waals surface area contributed by atoms with Gasteiger partial charge in [0.25, 0.3) is 0 Å². The molecule has 2 rings (SSSR count). The molecule has 1 N–H and O–H groups in total. The first-order valence-electron chi connectivity index (χ1n) is 5.38. The Hall–Kier alpha value is -0.820. The molecular formula is C13H18O. The molecule has 1 aliphatic carbocycles. The van der Waals surface area contributed by atoms with Crippen LogP contribution in [0, 0.1) is 5.92 Å². The van der Waals surface area contributed by atoms with Crippen LogP contribution in [0.5, 0.6) is 0 Å². The molecule has 1 fully saturated rings. The van der Waals surface area contributed by atoms with Crippen molar-refractivity contribution in [3.8, 4) is 0 Å². The van der Waals surface area contributed by atoms with Crippen molar-refractivity contribution in [3.63, 3.8) is 0 Å². The maximum Gasteiger partial charge on any atom is 0.0574 e. The molecule has 0 bridgehead atoms. The Morgan fingerprint density at radius 3 is 2.43 bits per heavy atom. The standard InChI is InChI=1S/C13H18O/c1-10-12(14)8-9-13(10,2)11-6-4-3-5-7-11/h3-7,10,12,14H,8-9H2,1-2H3. The summed E-state index contributed by atoms with van der Waals surface area (Å²) in [6.45, 7) is 4.42. The molecular weight excluding hydrogens is 172 g/mol. The Balaban J connectivity index is 2.34. The smallest absolute Gasteiger partial charge is 0.0574 e. The summed E-state index contributed by atoms with van der Waals surface area (Å²) in [4.78, 5) is 0. The molecule has 0 aromatic heterocycles. The first-order chi connectivity index (χ1) is 6.64. The van der Waals surface area contributed by atoms with Crippen LogP contribution in [0.4, 0.5) is 0 Å². The maximum absolute atomic E-state index is 9.79. The van der Waals surface area contributed by atoms with E-state index in [1.165, 1.54) is 5.56 Å². The van der Waals surface area contributed by atoms with Gasteiger partial charge >= 0.3 is 0 Å². The Kier molecular flexibility index (Phi) is 2.36. The summed E-state index contributed by atoms with van der Waals surface area (Å²) in [5, 5.41) is 9.79. The molecule has 0 saturated heterocycles. The van der Waals surface area contributed by atoms with Gasteiger partial charge < -0.3 is 5.11 Å². The minimum absolute atomic E-state index is 0.125. The number of aliphatic hydroxyl groups is 1. The summed E-state index contributed by atoms with van der Waals surface area (Å²) in [6, 6.07) is 10.6. The summed E-state index contributed by atoms with van der Waals surface area (Å²) in [5.41, 5.74) is 1.53. The first kappa shape index (κ1) is 9.72. The molecule has 1 heteroatoms. The Morgan fingerprint density at radius 2 is 1.93 bits per heavy atom. The molecule has 1 saturated carbocycles. The van der Waals surface area contributed by atoms with Crippen LogP contribution in [0.3, 0.4) is 0 Å². The highest BCUT2D eigenvalue weighted by atomic mass is 16.3. The number of rotatable bonds is 1. The maximum atomic E-state index is 9.79. The molecule has 3 atom stereocenters. The fourth-order valence-electron chi connectivity index (χ4n) is 2.58. The minimum atomic E-state index is -0.125. The Labute approximate surface area is 85.8 Å². The third kappa shape index (κ3) is 1.36. The van der Waals surface area contributed by atoms with Crippen LogP contribution < -0.4 is 0 Å². The zero-order valence-corrected chi connectivity index (χ0v) is 8.90. The minimum Gasteiger partial charge on any atom is -0.393 e. The van der Waals surface area contributed by atoms with E-state index in [1.54, 1.807) is 0 Å². The zero-order chi connectivity index (χ0) is 10.2. The van der Waals surface area contributed by atoms with Gasteiger partial charge in [0.05, 0.1) is 6.10 Å². The number of benzene rings is 1. The molecule has 1 aliphatic rings. The molecule has 0 radical (unpaired) electrons. The van der Waals surface area contributed by atoms with Crippen molar-refractivity contribution in [1.82, 2.24) is 0 Å². The van der Waals surface area contributed by atoms with Gasteiger partial charge in [-0.15, -0.1) is 0 Å². The predicted molar refractivity (Wildman–Crippen MR) is 58.2 cm³/mol. The number of hydrogen-bond acceptors (Lipinski definition) is 1. The van der Waals surface area contributed by atoms with Crippen LogP contribution in [0.15, 0.2) is 30.3 Å². The highest BCUT2D eigenvalue weighted by Gasteiger charge is 2.42. The molecule has 0 heterocycles. The van der Waals surface area contributed by atoms with E-state index in [-0.39, 0.29) is 11.5 Å². The highest BCUT2D eigenvalue weighted by Crippen LogP contribution is 2.45. The van der Waals surface area contributed by atoms with Crippen molar-refractivity contribution in [3.05, 3.63) is 35.9 Å². The van der Waals surface area contributed by atoms with Crippen molar-refractivity contribution >= 4 is 0 Å². The van der Waals surface area contributed by atoms with Crippen molar-refractivity contribution in [1.29, 1.82) is 0 Å². The van der Waals surface area contributed by atoms with E-state index in [0.29, 0.717) is 5.92 Å². The number of aliphatic hydroxyl groups excluding tert-OH is 1. The molecule has 3 unspecified atom stereocenters. The van der Waals surface area contributed by atoms with Gasteiger partial charge in [-0.2, -0.15) is 0 Å². The fourth-order valence-corrected chi connectivity index (χ4v) is 2.58. The second-order valence-electron chi connectivity index (χ2n) is 4.68. The molecule has 14 heavy (non-hydrogen) atoms. The van der Waals surface area contributed by atoms with Gasteiger partial charge in [0.2, 0.25) is 0 Å². The fraction of sp³-hybridized carbons (Fsp3) is 0.538. The quantitative estimate of drug-likeness (QED) is 0.722. The van der Waals surface area contributed by atoms with E-state index in [4.69, 9.17) is 0 Å². The summed E-state index contributed by atoms with van der Waals surface area (Å²) in [6.07, 6.45) is 1.91. The van der Waals surface area contributed by atoms with Crippen LogP contribution >= 0.6 is 0 Å². The monoisotopic (exact) mass is 190 g/mol. The van der Waals surface area contributed by atoms with Crippen LogP contribution in [0.25, 0.3) is 0 Å². The topological polar surface area (TPSA) is 20.2 Å². The zero-order valence-electron chi connectivity index (χ0n) is 8.90. The molecule has 1 aromatic rings. The summed E-state index contributed by atoms with van der Waals surface area (Å²) >= 11 is 0. The van der Waals surface area contributed by atoms with Crippen molar-refractivity contribution < 1.29 is 5.11 Å². The average molecular weight is 190 g/mol. The van der Waals surface area contributed by atoms with Crippen LogP contribution in [-0.4, -0.2) is 11.2 Å². The molecule has 0 spiro atoms. The SMILES string of the molecule is CC1C(O)CCC1(C)c1ccccc1. The normalized spacial score (nSPS) is 37.4. The molecule has 1 aromatic carbocycles. The van der Waals surface area contributed by atoms with Crippen molar-refractivity contribution in [2.75, 3.05) is 0 Å². The van der Waals surface area contributed by atoms with Gasteiger partial charge in [-0.3, -0.25) is 0 Å². The van der Waals surface area contributed by atoms with Crippen LogP contribution in [0.1, 0.15) is 32.3 Å². The number of hydrogen-bond donors (Lipinski definition) is 1. The van der Waals surface area contributed by atoms with Crippen molar-refractivity contribution in [2.45, 2.75) is 38.2 Å². The Morgan fingerprint density at radius 1 is 1.29 bits per heavy atom. The van der Waals surface area contributed by atoms with Crippen molar-refractivity contribution in [2.24, 2.45) is 5.92 Å². The third-order valence-corrected chi connectivity index (χ3v) is 3.97. The highest BCUT2D eigenvalue weighted by molar-refractivity contribution is 5.27. The van der Waals surface area contributed by atoms with Gasteiger partial charge in [-0.1, -0.05) is 44.2 Å². The lowest BCUT2D eigenvalue weighted by Crippen LogP contribution is -2.29. The van der Waals surface area contributed by atoms with E-state index in [0.717, 1.165) is 12.8 Å². The lowest BCUT2D eigenvalue weighted by molar-refractivity contribution is 0.122. The first-order valence-corrected chi connectivity index (χ1v) is 5.38. The lowest BCUT2D eigenvalue weighted by Gasteiger charge is -2.30. The second kappa shape index (κ2) is 3.39. The average Bonchev–Trinajstić information content (AvgIpc) is 2.49. The summed E-state index contributed by atoms with van der Waals surface area (Å²) in [7, 11) is 0. The van der Waals surface area contributed by atoms with Crippen LogP contribution in [0.2, 0.25) is 0 Å². The van der Waals surface area contributed by atoms with E-state index < -0.39 is 0 Å². The second-order valence-corrected chi connectivity index (χ2v) is 4.68. The largest absolute Gasteiger partial charge is 0.393 e. The van der Waals surface area contributed by atoms with E-state index in [2.05, 4.69) is 38.1 Å². The lowest BCUT2D eigenvalue weighted by atomic mass is 9.74. The van der Waals surface area contributed by atoms with Gasteiger partial charge in [-0.25, -0.2) is 0 Å². The molecule has 0 aliphatic heterocycles. The van der Waals surface area contributed by atoms with Gasteiger partial charge in [0.15, 0.2) is 0 Å². The summed E-state index contributed by atoms with van der Waals surface area (Å²) in [5.74, 6) is 0.366.